The molecule has 0 bridgehead atoms. The van der Waals surface area contributed by atoms with Gasteiger partial charge in [0.1, 0.15) is 23.0 Å². The van der Waals surface area contributed by atoms with Gasteiger partial charge in [0.15, 0.2) is 0 Å². The normalized spacial score (nSPS) is 13.1. The summed E-state index contributed by atoms with van der Waals surface area (Å²) in [5.41, 5.74) is 30.4. The lowest BCUT2D eigenvalue weighted by Crippen LogP contribution is -2.61. The Morgan fingerprint density at radius 1 is 0.254 bits per heavy atom. The van der Waals surface area contributed by atoms with E-state index in [9.17, 15) is 0 Å². The second kappa shape index (κ2) is 25.8. The van der Waals surface area contributed by atoms with Crippen LogP contribution < -0.4 is 57.0 Å². The summed E-state index contributed by atoms with van der Waals surface area (Å²) in [6.07, 6.45) is 0. The number of hydrogen-bond acceptors (Lipinski definition) is 5. The molecule has 4 aliphatic rings. The molecule has 0 unspecified atom stereocenters. The largest absolute Gasteiger partial charge is 0.458 e. The van der Waals surface area contributed by atoms with E-state index in [1.807, 2.05) is 0 Å². The predicted octanol–water partition coefficient (Wildman–Crippen LogP) is 23.5. The average Bonchev–Trinajstić information content (AvgIpc) is 1.58. The van der Waals surface area contributed by atoms with Crippen LogP contribution in [-0.4, -0.2) is 27.1 Å². The topological polar surface area (TPSA) is 43.0 Å². The third-order valence-electron chi connectivity index (χ3n) is 24.0. The van der Waals surface area contributed by atoms with Gasteiger partial charge in [-0.2, -0.15) is 0 Å². The molecule has 0 amide bonds. The molecular weight excluding hydrogens is 1390 g/mol. The van der Waals surface area contributed by atoms with Crippen molar-refractivity contribution in [3.05, 3.63) is 375 Å². The first-order chi connectivity index (χ1) is 55.9. The summed E-state index contributed by atoms with van der Waals surface area (Å²) in [4.78, 5) is 7.29. The fourth-order valence-electron chi connectivity index (χ4n) is 19.0. The van der Waals surface area contributed by atoms with Gasteiger partial charge < -0.3 is 37.9 Å². The molecule has 3 aromatic heterocycles. The second-order valence-electron chi connectivity index (χ2n) is 32.7. The van der Waals surface area contributed by atoms with Crippen LogP contribution in [0.2, 0.25) is 0 Å². The molecule has 0 saturated heterocycles. The van der Waals surface area contributed by atoms with Crippen molar-refractivity contribution in [3.8, 4) is 40.1 Å². The van der Waals surface area contributed by atoms with Crippen molar-refractivity contribution in [3.63, 3.8) is 0 Å². The highest BCUT2D eigenvalue weighted by Gasteiger charge is 2.46. The van der Waals surface area contributed by atoms with Crippen molar-refractivity contribution in [2.75, 3.05) is 14.7 Å². The number of hydrogen-bond donors (Lipinski definition) is 0. The van der Waals surface area contributed by atoms with Gasteiger partial charge in [-0.25, -0.2) is 0 Å². The first-order valence-corrected chi connectivity index (χ1v) is 39.7. The molecule has 0 saturated carbocycles. The van der Waals surface area contributed by atoms with E-state index in [0.717, 1.165) is 96.0 Å². The lowest BCUT2D eigenvalue weighted by Gasteiger charge is -2.45. The van der Waals surface area contributed by atoms with Crippen LogP contribution in [0.4, 0.5) is 51.2 Å². The molecule has 0 radical (unpaired) electrons. The molecule has 0 aliphatic carbocycles. The molecule has 8 nitrogen and oxygen atoms in total. The van der Waals surface area contributed by atoms with Gasteiger partial charge >= 0.3 is 0 Å². The Bertz CT molecular complexity index is 6780. The maximum absolute atomic E-state index is 7.17. The van der Waals surface area contributed by atoms with Crippen LogP contribution in [0, 0.1) is 0 Å². The highest BCUT2D eigenvalue weighted by molar-refractivity contribution is 7.00. The number of rotatable bonds is 8. The van der Waals surface area contributed by atoms with Crippen LogP contribution in [-0.2, 0) is 10.8 Å². The standard InChI is InChI=1S/C62H48BN3O2.C42H30BN3/c1-61(2,3)37-29-31-50-45(33-37)63-46-34-38(62(4,5)6)30-32-51(46)68-53-36-41(35-52(67-50)57(53)63)66-49-28-18-15-25-44(49)56-59-54(42-23-13-16-26-47(42)64(59)39-19-9-7-10-20-39)58-55(60(56)66)43-24-14-17-27-48(43)65(58)40-21-11-8-12-22-40;1-5-17-31(18-6-1)44(32-19-7-2-8-20-32)35-29-40-42-41(30-35)46(34-23-11-4-12-24-34)39-28-16-14-26-37(39)43(42)36-25-13-15-27-38(36)45(40)33-21-9-3-10-22-33/h7-36H,1-6H3;1-30H. The van der Waals surface area contributed by atoms with Gasteiger partial charge in [-0.15, -0.1) is 0 Å². The minimum atomic E-state index is -0.0685. The number of ether oxygens (including phenoxy) is 2. The zero-order valence-electron chi connectivity index (χ0n) is 64.3. The molecule has 4 aliphatic heterocycles. The van der Waals surface area contributed by atoms with E-state index in [1.165, 1.54) is 105 Å². The van der Waals surface area contributed by atoms with Crippen LogP contribution in [0.3, 0.4) is 0 Å². The fraction of sp³-hybridized carbons (Fsp3) is 0.0769. The Morgan fingerprint density at radius 2 is 0.579 bits per heavy atom. The quantitative estimate of drug-likeness (QED) is 0.142. The Balaban J connectivity index is 0.000000150. The number of anilines is 9. The summed E-state index contributed by atoms with van der Waals surface area (Å²) >= 11 is 0. The molecule has 16 aromatic carbocycles. The SMILES string of the molecule is CC(C)(C)c1ccc2c(c1)B1c3cc(C(C)(C)C)ccc3Oc3cc(-n4c5ccccc5c5c6c(c7ccccc7n6-c6ccccc6)c6c(c7ccccc7n6-c6ccccc6)c54)cc(c31)O2.c1ccc(N(c2ccccc2)c2cc3c4c(c2)N(c2ccccc2)c2ccccc2B4c2ccccc2N3c2ccccc2)cc1. The molecule has 19 aromatic rings. The van der Waals surface area contributed by atoms with Gasteiger partial charge in [0, 0.05) is 107 Å². The second-order valence-corrected chi connectivity index (χ2v) is 32.7. The van der Waals surface area contributed by atoms with E-state index < -0.39 is 0 Å². The van der Waals surface area contributed by atoms with Gasteiger partial charge in [-0.05, 0) is 177 Å². The van der Waals surface area contributed by atoms with Gasteiger partial charge in [0.25, 0.3) is 13.4 Å². The Kier molecular flexibility index (Phi) is 15.2. The smallest absolute Gasteiger partial charge is 0.260 e. The minimum absolute atomic E-state index is 0.0353. The lowest BCUT2D eigenvalue weighted by atomic mass is 9.33. The molecule has 7 heterocycles. The van der Waals surface area contributed by atoms with Crippen molar-refractivity contribution in [1.82, 2.24) is 13.7 Å². The Labute approximate surface area is 664 Å². The Hall–Kier alpha value is -14.0. The van der Waals surface area contributed by atoms with Crippen molar-refractivity contribution < 1.29 is 9.47 Å². The van der Waals surface area contributed by atoms with Crippen molar-refractivity contribution in [1.29, 1.82) is 0 Å². The van der Waals surface area contributed by atoms with Gasteiger partial charge in [-0.1, -0.05) is 266 Å². The van der Waals surface area contributed by atoms with E-state index in [1.54, 1.807) is 0 Å². The highest BCUT2D eigenvalue weighted by Crippen LogP contribution is 2.53. The maximum Gasteiger partial charge on any atom is 0.260 e. The lowest BCUT2D eigenvalue weighted by molar-refractivity contribution is 0.463. The van der Waals surface area contributed by atoms with Crippen molar-refractivity contribution >= 4 is 163 Å². The summed E-state index contributed by atoms with van der Waals surface area (Å²) < 4.78 is 21.8. The molecule has 0 fully saturated rings. The molecule has 23 rings (SSSR count). The number of benzene rings is 16. The summed E-state index contributed by atoms with van der Waals surface area (Å²) in [5.74, 6) is 3.41. The molecule has 0 spiro atoms. The van der Waals surface area contributed by atoms with Crippen LogP contribution in [0.25, 0.3) is 82.5 Å². The van der Waals surface area contributed by atoms with Crippen LogP contribution in [0.15, 0.2) is 364 Å². The summed E-state index contributed by atoms with van der Waals surface area (Å²) in [7, 11) is 0. The molecule has 114 heavy (non-hydrogen) atoms. The number of aromatic nitrogens is 3. The van der Waals surface area contributed by atoms with Gasteiger partial charge in [-0.3, -0.25) is 0 Å². The average molecular weight is 1470 g/mol. The van der Waals surface area contributed by atoms with E-state index in [2.05, 4.69) is 434 Å². The van der Waals surface area contributed by atoms with Crippen LogP contribution >= 0.6 is 0 Å². The monoisotopic (exact) mass is 1460 g/mol. The molecular formula is C104H78B2N6O2. The molecule has 10 heteroatoms. The zero-order valence-corrected chi connectivity index (χ0v) is 64.3. The third kappa shape index (κ3) is 10.3. The number of nitrogens with zero attached hydrogens (tertiary/aromatic N) is 6. The fourth-order valence-corrected chi connectivity index (χ4v) is 19.0. The zero-order chi connectivity index (χ0) is 76.2. The summed E-state index contributed by atoms with van der Waals surface area (Å²) in [6.45, 7) is 13.7. The van der Waals surface area contributed by atoms with Crippen LogP contribution in [0.5, 0.6) is 23.0 Å². The first-order valence-electron chi connectivity index (χ1n) is 39.7. The van der Waals surface area contributed by atoms with Crippen LogP contribution in [0.1, 0.15) is 52.7 Å². The maximum atomic E-state index is 7.17. The number of fused-ring (bicyclic) bond motifs is 20. The van der Waals surface area contributed by atoms with E-state index in [-0.39, 0.29) is 24.3 Å². The van der Waals surface area contributed by atoms with Crippen molar-refractivity contribution in [2.24, 2.45) is 0 Å². The van der Waals surface area contributed by atoms with E-state index in [0.29, 0.717) is 0 Å². The van der Waals surface area contributed by atoms with Gasteiger partial charge in [0.2, 0.25) is 0 Å². The minimum Gasteiger partial charge on any atom is -0.458 e. The van der Waals surface area contributed by atoms with Crippen molar-refractivity contribution in [2.45, 2.75) is 52.4 Å². The first kappa shape index (κ1) is 67.0. The summed E-state index contributed by atoms with van der Waals surface area (Å²) in [6, 6.07) is 132. The molecule has 542 valence electrons. The molecule has 0 N–H and O–H groups in total. The summed E-state index contributed by atoms with van der Waals surface area (Å²) in [5, 5.41) is 7.20. The van der Waals surface area contributed by atoms with E-state index in [4.69, 9.17) is 9.47 Å². The third-order valence-corrected chi connectivity index (χ3v) is 24.0. The predicted molar refractivity (Wildman–Crippen MR) is 480 cm³/mol. The highest BCUT2D eigenvalue weighted by atomic mass is 16.5. The van der Waals surface area contributed by atoms with E-state index >= 15 is 0 Å². The molecule has 0 atom stereocenters. The van der Waals surface area contributed by atoms with Gasteiger partial charge in [0.05, 0.1) is 44.5 Å². The Morgan fingerprint density at radius 3 is 0.965 bits per heavy atom. The number of para-hydroxylation sites is 11.